The van der Waals surface area contributed by atoms with Gasteiger partial charge in [0, 0.05) is 24.2 Å². The third-order valence-corrected chi connectivity index (χ3v) is 5.20. The second kappa shape index (κ2) is 8.53. The second-order valence-corrected chi connectivity index (χ2v) is 7.45. The van der Waals surface area contributed by atoms with Crippen LogP contribution in [0.5, 0.6) is 0 Å². The summed E-state index contributed by atoms with van der Waals surface area (Å²) in [5, 5.41) is 21.5. The molecule has 2 aromatic heterocycles. The summed E-state index contributed by atoms with van der Waals surface area (Å²) in [6.45, 7) is 0.366. The third kappa shape index (κ3) is 4.42. The largest absolute Gasteiger partial charge is 0.481 e. The van der Waals surface area contributed by atoms with E-state index in [1.807, 2.05) is 0 Å². The number of carbonyl (C=O) groups excluding carboxylic acids is 1. The lowest BCUT2D eigenvalue weighted by Gasteiger charge is -2.23. The summed E-state index contributed by atoms with van der Waals surface area (Å²) >= 11 is 0. The number of rotatable bonds is 8. The number of benzene rings is 1. The van der Waals surface area contributed by atoms with Crippen LogP contribution < -0.4 is 16.8 Å². The summed E-state index contributed by atoms with van der Waals surface area (Å²) in [6, 6.07) is 3.83. The summed E-state index contributed by atoms with van der Waals surface area (Å²) in [4.78, 5) is 52.8. The smallest absolute Gasteiger partial charge is 0.326 e. The summed E-state index contributed by atoms with van der Waals surface area (Å²) in [7, 11) is 0. The van der Waals surface area contributed by atoms with Crippen LogP contribution in [0.1, 0.15) is 34.5 Å². The summed E-state index contributed by atoms with van der Waals surface area (Å²) in [5.74, 6) is -2.67. The van der Waals surface area contributed by atoms with Crippen LogP contribution in [-0.2, 0) is 22.7 Å². The Labute approximate surface area is 186 Å². The van der Waals surface area contributed by atoms with Crippen molar-refractivity contribution in [1.29, 1.82) is 0 Å². The molecular formula is C20H20N8O5. The number of nitrogen functional groups attached to an aromatic ring is 2. The van der Waals surface area contributed by atoms with Crippen LogP contribution in [0.3, 0.4) is 0 Å². The van der Waals surface area contributed by atoms with Crippen molar-refractivity contribution in [2.75, 3.05) is 16.8 Å². The average molecular weight is 452 g/mol. The minimum atomic E-state index is -1.24. The van der Waals surface area contributed by atoms with E-state index in [0.29, 0.717) is 34.6 Å². The minimum absolute atomic E-state index is 0.00926. The Morgan fingerprint density at radius 1 is 1.18 bits per heavy atom. The van der Waals surface area contributed by atoms with E-state index < -0.39 is 23.9 Å². The number of hydrogen-bond donors (Lipinski definition) is 5. The number of nitrogens with one attached hydrogen (secondary N) is 1. The van der Waals surface area contributed by atoms with Crippen LogP contribution in [0.2, 0.25) is 0 Å². The first kappa shape index (κ1) is 21.7. The normalized spacial score (nSPS) is 13.7. The quantitative estimate of drug-likeness (QED) is 0.316. The molecule has 0 radical (unpaired) electrons. The van der Waals surface area contributed by atoms with Gasteiger partial charge in [0.15, 0.2) is 17.0 Å². The zero-order valence-corrected chi connectivity index (χ0v) is 17.2. The van der Waals surface area contributed by atoms with Crippen LogP contribution >= 0.6 is 0 Å². The van der Waals surface area contributed by atoms with Gasteiger partial charge < -0.3 is 31.9 Å². The predicted molar refractivity (Wildman–Crippen MR) is 116 cm³/mol. The molecule has 1 aromatic carbocycles. The lowest BCUT2D eigenvalue weighted by atomic mass is 10.1. The van der Waals surface area contributed by atoms with Gasteiger partial charge in [0.1, 0.15) is 6.04 Å². The molecular weight excluding hydrogens is 432 g/mol. The van der Waals surface area contributed by atoms with Crippen molar-refractivity contribution in [3.05, 3.63) is 41.2 Å². The average Bonchev–Trinajstić information content (AvgIpc) is 3.07. The number of nitrogens with two attached hydrogens (primary N) is 2. The van der Waals surface area contributed by atoms with Gasteiger partial charge in [0.05, 0.1) is 18.4 Å². The van der Waals surface area contributed by atoms with Crippen molar-refractivity contribution in [2.24, 2.45) is 0 Å². The van der Waals surface area contributed by atoms with Gasteiger partial charge in [-0.3, -0.25) is 9.59 Å². The Morgan fingerprint density at radius 3 is 2.70 bits per heavy atom. The first-order chi connectivity index (χ1) is 15.7. The van der Waals surface area contributed by atoms with Crippen molar-refractivity contribution in [2.45, 2.75) is 32.0 Å². The maximum absolute atomic E-state index is 12.7. The number of amides is 1. The monoisotopic (exact) mass is 452 g/mol. The van der Waals surface area contributed by atoms with E-state index in [4.69, 9.17) is 16.6 Å². The summed E-state index contributed by atoms with van der Waals surface area (Å²) in [6.07, 6.45) is 1.01. The van der Waals surface area contributed by atoms with Gasteiger partial charge in [0.2, 0.25) is 5.95 Å². The molecule has 0 saturated carbocycles. The Morgan fingerprint density at radius 2 is 1.97 bits per heavy atom. The Bertz CT molecular complexity index is 1280. The SMILES string of the molecule is Nc1nc(N)c2nc(CNc3ccc4c(c3)CN([C@H](CCC(=O)O)C(=O)O)C4=O)cnc2n1. The van der Waals surface area contributed by atoms with E-state index in [0.717, 1.165) is 0 Å². The van der Waals surface area contributed by atoms with Gasteiger partial charge in [-0.05, 0) is 30.2 Å². The molecule has 0 unspecified atom stereocenters. The van der Waals surface area contributed by atoms with Gasteiger partial charge in [0.25, 0.3) is 5.91 Å². The van der Waals surface area contributed by atoms with Gasteiger partial charge in [-0.2, -0.15) is 9.97 Å². The third-order valence-electron chi connectivity index (χ3n) is 5.20. The van der Waals surface area contributed by atoms with E-state index in [9.17, 15) is 19.5 Å². The molecule has 7 N–H and O–H groups in total. The molecule has 170 valence electrons. The van der Waals surface area contributed by atoms with Gasteiger partial charge in [-0.25, -0.2) is 14.8 Å². The van der Waals surface area contributed by atoms with Crippen molar-refractivity contribution in [1.82, 2.24) is 24.8 Å². The van der Waals surface area contributed by atoms with E-state index in [-0.39, 0.29) is 36.8 Å². The number of aromatic nitrogens is 4. The van der Waals surface area contributed by atoms with Gasteiger partial charge >= 0.3 is 11.9 Å². The van der Waals surface area contributed by atoms with Crippen LogP contribution in [0, 0.1) is 0 Å². The highest BCUT2D eigenvalue weighted by Crippen LogP contribution is 2.29. The number of carboxylic acids is 2. The van der Waals surface area contributed by atoms with E-state index in [1.54, 1.807) is 18.2 Å². The fourth-order valence-electron chi connectivity index (χ4n) is 3.64. The number of nitrogens with zero attached hydrogens (tertiary/aromatic N) is 5. The molecule has 13 heteroatoms. The highest BCUT2D eigenvalue weighted by Gasteiger charge is 2.36. The number of anilines is 3. The minimum Gasteiger partial charge on any atom is -0.481 e. The van der Waals surface area contributed by atoms with Crippen molar-refractivity contribution in [3.63, 3.8) is 0 Å². The summed E-state index contributed by atoms with van der Waals surface area (Å²) in [5.41, 5.74) is 14.3. The van der Waals surface area contributed by atoms with E-state index in [1.165, 1.54) is 11.1 Å². The summed E-state index contributed by atoms with van der Waals surface area (Å²) < 4.78 is 0. The van der Waals surface area contributed by atoms with Crippen LogP contribution in [0.4, 0.5) is 17.5 Å². The highest BCUT2D eigenvalue weighted by atomic mass is 16.4. The molecule has 0 spiro atoms. The molecule has 3 heterocycles. The predicted octanol–water partition coefficient (Wildman–Crippen LogP) is 0.470. The molecule has 1 atom stereocenters. The van der Waals surface area contributed by atoms with E-state index >= 15 is 0 Å². The van der Waals surface area contributed by atoms with Gasteiger partial charge in [-0.1, -0.05) is 0 Å². The Hall–Kier alpha value is -4.55. The zero-order chi connectivity index (χ0) is 23.7. The Balaban J connectivity index is 1.48. The molecule has 1 aliphatic rings. The molecule has 0 aliphatic carbocycles. The lowest BCUT2D eigenvalue weighted by Crippen LogP contribution is -2.41. The molecule has 1 amide bonds. The zero-order valence-electron chi connectivity index (χ0n) is 17.2. The number of fused-ring (bicyclic) bond motifs is 2. The molecule has 0 saturated heterocycles. The molecule has 0 fully saturated rings. The molecule has 1 aliphatic heterocycles. The van der Waals surface area contributed by atoms with Gasteiger partial charge in [-0.15, -0.1) is 0 Å². The van der Waals surface area contributed by atoms with Crippen molar-refractivity contribution < 1.29 is 24.6 Å². The van der Waals surface area contributed by atoms with Crippen LogP contribution in [-0.4, -0.2) is 58.9 Å². The number of hydrogen-bond acceptors (Lipinski definition) is 10. The number of carboxylic acid groups (broad SMARTS) is 2. The molecule has 13 nitrogen and oxygen atoms in total. The molecule has 33 heavy (non-hydrogen) atoms. The first-order valence-corrected chi connectivity index (χ1v) is 9.90. The fourth-order valence-corrected chi connectivity index (χ4v) is 3.64. The Kier molecular flexibility index (Phi) is 5.60. The highest BCUT2D eigenvalue weighted by molar-refractivity contribution is 6.01. The molecule has 0 bridgehead atoms. The number of carbonyl (C=O) groups is 3. The second-order valence-electron chi connectivity index (χ2n) is 7.45. The topological polar surface area (TPSA) is 211 Å². The maximum atomic E-state index is 12.7. The standard InChI is InChI=1S/C20H20N8O5/c21-16-15-17(27-20(22)26-16)24-7-11(25-15)6-23-10-1-2-12-9(5-10)8-28(18(12)31)13(19(32)33)3-4-14(29)30/h1-2,5,7,13,23H,3-4,6,8H2,(H,29,30)(H,32,33)(H4,21,22,24,26,27)/t13-/m1/s1. The van der Waals surface area contributed by atoms with Crippen molar-refractivity contribution in [3.8, 4) is 0 Å². The van der Waals surface area contributed by atoms with Crippen LogP contribution in [0.15, 0.2) is 24.4 Å². The van der Waals surface area contributed by atoms with Crippen molar-refractivity contribution >= 4 is 46.5 Å². The molecule has 4 rings (SSSR count). The van der Waals surface area contributed by atoms with Crippen LogP contribution in [0.25, 0.3) is 11.2 Å². The van der Waals surface area contributed by atoms with E-state index in [2.05, 4.69) is 25.3 Å². The molecule has 3 aromatic rings. The lowest BCUT2D eigenvalue weighted by molar-refractivity contribution is -0.143. The first-order valence-electron chi connectivity index (χ1n) is 9.90. The fraction of sp³-hybridized carbons (Fsp3) is 0.250. The number of aliphatic carboxylic acids is 2. The maximum Gasteiger partial charge on any atom is 0.326 e.